The zero-order chi connectivity index (χ0) is 13.0. The van der Waals surface area contributed by atoms with Gasteiger partial charge in [0.2, 0.25) is 0 Å². The third-order valence-electron chi connectivity index (χ3n) is 2.56. The number of carbonyl (C=O) groups is 1. The Kier molecular flexibility index (Phi) is 3.72. The quantitative estimate of drug-likeness (QED) is 0.904. The highest BCUT2D eigenvalue weighted by Gasteiger charge is 2.09. The molecule has 2 rings (SSSR count). The van der Waals surface area contributed by atoms with Gasteiger partial charge in [-0.05, 0) is 31.0 Å². The number of benzene rings is 1. The van der Waals surface area contributed by atoms with Gasteiger partial charge in [0.25, 0.3) is 0 Å². The Morgan fingerprint density at radius 2 is 2.17 bits per heavy atom. The van der Waals surface area contributed by atoms with Crippen molar-refractivity contribution in [3.8, 4) is 0 Å². The summed E-state index contributed by atoms with van der Waals surface area (Å²) < 4.78 is 14.1. The molecule has 18 heavy (non-hydrogen) atoms. The van der Waals surface area contributed by atoms with Crippen molar-refractivity contribution in [2.24, 2.45) is 0 Å². The third kappa shape index (κ3) is 3.16. The summed E-state index contributed by atoms with van der Waals surface area (Å²) in [4.78, 5) is 15.5. The van der Waals surface area contributed by atoms with E-state index in [1.165, 1.54) is 23.0 Å². The SMILES string of the molecule is CC(Cc1ccc(F)cc1)NC(=O)n1ccnc1. The molecule has 5 heteroatoms. The van der Waals surface area contributed by atoms with E-state index < -0.39 is 0 Å². The van der Waals surface area contributed by atoms with E-state index >= 15 is 0 Å². The van der Waals surface area contributed by atoms with Crippen LogP contribution in [0.2, 0.25) is 0 Å². The fraction of sp³-hybridized carbons (Fsp3) is 0.231. The molecule has 0 aliphatic carbocycles. The molecule has 1 aromatic carbocycles. The lowest BCUT2D eigenvalue weighted by atomic mass is 10.1. The van der Waals surface area contributed by atoms with Crippen molar-refractivity contribution in [3.05, 3.63) is 54.4 Å². The van der Waals surface area contributed by atoms with Crippen LogP contribution in [0.4, 0.5) is 9.18 Å². The van der Waals surface area contributed by atoms with Crippen molar-refractivity contribution in [2.45, 2.75) is 19.4 Å². The van der Waals surface area contributed by atoms with Crippen LogP contribution in [0.3, 0.4) is 0 Å². The average Bonchev–Trinajstić information content (AvgIpc) is 2.85. The molecule has 1 unspecified atom stereocenters. The Balaban J connectivity index is 1.90. The summed E-state index contributed by atoms with van der Waals surface area (Å²) in [6.45, 7) is 1.90. The van der Waals surface area contributed by atoms with Crippen molar-refractivity contribution >= 4 is 6.03 Å². The van der Waals surface area contributed by atoms with E-state index in [4.69, 9.17) is 0 Å². The van der Waals surface area contributed by atoms with Gasteiger partial charge in [0.1, 0.15) is 12.1 Å². The Morgan fingerprint density at radius 3 is 2.78 bits per heavy atom. The summed E-state index contributed by atoms with van der Waals surface area (Å²) in [5.74, 6) is -0.256. The summed E-state index contributed by atoms with van der Waals surface area (Å²) in [5, 5.41) is 2.84. The molecule has 0 bridgehead atoms. The number of hydrogen-bond acceptors (Lipinski definition) is 2. The third-order valence-corrected chi connectivity index (χ3v) is 2.56. The van der Waals surface area contributed by atoms with Crippen molar-refractivity contribution in [1.82, 2.24) is 14.9 Å². The molecule has 0 saturated carbocycles. The molecule has 1 amide bonds. The number of nitrogens with zero attached hydrogens (tertiary/aromatic N) is 2. The molecule has 0 aliphatic rings. The lowest BCUT2D eigenvalue weighted by Crippen LogP contribution is -2.36. The standard InChI is InChI=1S/C13H14FN3O/c1-10(8-11-2-4-12(14)5-3-11)16-13(18)17-7-6-15-9-17/h2-7,9-10H,8H2,1H3,(H,16,18). The molecule has 0 radical (unpaired) electrons. The maximum atomic E-state index is 12.7. The van der Waals surface area contributed by atoms with Gasteiger partial charge in [-0.2, -0.15) is 0 Å². The second-order valence-corrected chi connectivity index (χ2v) is 4.15. The van der Waals surface area contributed by atoms with Crippen LogP contribution in [0, 0.1) is 5.82 Å². The van der Waals surface area contributed by atoms with Gasteiger partial charge in [0, 0.05) is 18.4 Å². The van der Waals surface area contributed by atoms with Gasteiger partial charge in [0.15, 0.2) is 0 Å². The second-order valence-electron chi connectivity index (χ2n) is 4.15. The maximum Gasteiger partial charge on any atom is 0.327 e. The Bertz CT molecular complexity index is 508. The van der Waals surface area contributed by atoms with Gasteiger partial charge in [-0.3, -0.25) is 4.57 Å². The zero-order valence-electron chi connectivity index (χ0n) is 10.0. The maximum absolute atomic E-state index is 12.7. The minimum atomic E-state index is -0.256. The molecule has 1 N–H and O–H groups in total. The van der Waals surface area contributed by atoms with E-state index in [2.05, 4.69) is 10.3 Å². The minimum Gasteiger partial charge on any atom is -0.335 e. The van der Waals surface area contributed by atoms with E-state index in [1.807, 2.05) is 6.92 Å². The lowest BCUT2D eigenvalue weighted by Gasteiger charge is -2.13. The fourth-order valence-corrected chi connectivity index (χ4v) is 1.69. The van der Waals surface area contributed by atoms with Crippen LogP contribution in [0.5, 0.6) is 0 Å². The molecule has 1 heterocycles. The van der Waals surface area contributed by atoms with Crippen LogP contribution in [0.25, 0.3) is 0 Å². The Morgan fingerprint density at radius 1 is 1.44 bits per heavy atom. The van der Waals surface area contributed by atoms with Crippen LogP contribution >= 0.6 is 0 Å². The first kappa shape index (κ1) is 12.3. The number of aromatic nitrogens is 2. The highest BCUT2D eigenvalue weighted by molar-refractivity contribution is 5.76. The molecular weight excluding hydrogens is 233 g/mol. The Labute approximate surface area is 104 Å². The smallest absolute Gasteiger partial charge is 0.327 e. The van der Waals surface area contributed by atoms with E-state index in [0.29, 0.717) is 6.42 Å². The topological polar surface area (TPSA) is 46.9 Å². The van der Waals surface area contributed by atoms with Gasteiger partial charge in [-0.25, -0.2) is 14.2 Å². The Hall–Kier alpha value is -2.17. The number of rotatable bonds is 3. The minimum absolute atomic E-state index is 0.0367. The normalized spacial score (nSPS) is 12.1. The van der Waals surface area contributed by atoms with Gasteiger partial charge < -0.3 is 5.32 Å². The van der Waals surface area contributed by atoms with E-state index in [-0.39, 0.29) is 17.9 Å². The van der Waals surface area contributed by atoms with Gasteiger partial charge in [-0.15, -0.1) is 0 Å². The van der Waals surface area contributed by atoms with E-state index in [9.17, 15) is 9.18 Å². The van der Waals surface area contributed by atoms with Crippen LogP contribution < -0.4 is 5.32 Å². The summed E-state index contributed by atoms with van der Waals surface area (Å²) in [6, 6.07) is 6.01. The fourth-order valence-electron chi connectivity index (χ4n) is 1.69. The highest BCUT2D eigenvalue weighted by atomic mass is 19.1. The molecule has 0 spiro atoms. The first-order valence-electron chi connectivity index (χ1n) is 5.68. The van der Waals surface area contributed by atoms with Crippen molar-refractivity contribution in [3.63, 3.8) is 0 Å². The second kappa shape index (κ2) is 5.44. The lowest BCUT2D eigenvalue weighted by molar-refractivity contribution is 0.239. The predicted octanol–water partition coefficient (Wildman–Crippen LogP) is 2.21. The monoisotopic (exact) mass is 247 g/mol. The zero-order valence-corrected chi connectivity index (χ0v) is 10.0. The summed E-state index contributed by atoms with van der Waals surface area (Å²) in [6.07, 6.45) is 5.23. The number of imidazole rings is 1. The molecule has 94 valence electrons. The molecule has 2 aromatic rings. The number of hydrogen-bond donors (Lipinski definition) is 1. The largest absolute Gasteiger partial charge is 0.335 e. The number of amides is 1. The molecular formula is C13H14FN3O. The van der Waals surface area contributed by atoms with Crippen LogP contribution in [0.1, 0.15) is 12.5 Å². The van der Waals surface area contributed by atoms with Crippen molar-refractivity contribution in [2.75, 3.05) is 0 Å². The molecule has 1 aromatic heterocycles. The average molecular weight is 247 g/mol. The van der Waals surface area contributed by atoms with Crippen LogP contribution in [-0.2, 0) is 6.42 Å². The van der Waals surface area contributed by atoms with Gasteiger partial charge in [0.05, 0.1) is 0 Å². The summed E-state index contributed by atoms with van der Waals surface area (Å²) in [7, 11) is 0. The van der Waals surface area contributed by atoms with Crippen molar-refractivity contribution in [1.29, 1.82) is 0 Å². The number of halogens is 1. The molecule has 0 saturated heterocycles. The van der Waals surface area contributed by atoms with E-state index in [1.54, 1.807) is 24.5 Å². The molecule has 0 aliphatic heterocycles. The van der Waals surface area contributed by atoms with Gasteiger partial charge in [-0.1, -0.05) is 12.1 Å². The highest BCUT2D eigenvalue weighted by Crippen LogP contribution is 2.05. The molecule has 1 atom stereocenters. The van der Waals surface area contributed by atoms with E-state index in [0.717, 1.165) is 5.56 Å². The first-order chi connectivity index (χ1) is 8.65. The molecule has 0 fully saturated rings. The predicted molar refractivity (Wildman–Crippen MR) is 65.7 cm³/mol. The van der Waals surface area contributed by atoms with Crippen LogP contribution in [0.15, 0.2) is 43.0 Å². The van der Waals surface area contributed by atoms with Gasteiger partial charge >= 0.3 is 6.03 Å². The first-order valence-corrected chi connectivity index (χ1v) is 5.68. The number of carbonyl (C=O) groups excluding carboxylic acids is 1. The van der Waals surface area contributed by atoms with Crippen LogP contribution in [-0.4, -0.2) is 21.6 Å². The van der Waals surface area contributed by atoms with Crippen molar-refractivity contribution < 1.29 is 9.18 Å². The molecule has 4 nitrogen and oxygen atoms in total. The summed E-state index contributed by atoms with van der Waals surface area (Å²) in [5.41, 5.74) is 0.981. The summed E-state index contributed by atoms with van der Waals surface area (Å²) >= 11 is 0. The number of nitrogens with one attached hydrogen (secondary N) is 1.